The van der Waals surface area contributed by atoms with Crippen LogP contribution in [0.15, 0.2) is 24.4 Å². The first-order valence-electron chi connectivity index (χ1n) is 8.17. The first-order valence-corrected chi connectivity index (χ1v) is 8.17. The Labute approximate surface area is 138 Å². The van der Waals surface area contributed by atoms with Gasteiger partial charge in [0.1, 0.15) is 5.82 Å². The zero-order valence-electron chi connectivity index (χ0n) is 13.2. The van der Waals surface area contributed by atoms with Crippen molar-refractivity contribution in [3.8, 4) is 6.07 Å². The molecule has 1 aromatic carbocycles. The second kappa shape index (κ2) is 5.93. The van der Waals surface area contributed by atoms with Crippen molar-refractivity contribution in [2.75, 3.05) is 6.54 Å². The molecule has 1 fully saturated rings. The van der Waals surface area contributed by atoms with Crippen LogP contribution in [0.4, 0.5) is 0 Å². The van der Waals surface area contributed by atoms with Crippen LogP contribution in [0.3, 0.4) is 0 Å². The minimum Gasteiger partial charge on any atom is -0.355 e. The van der Waals surface area contributed by atoms with Crippen LogP contribution in [0.5, 0.6) is 0 Å². The molecular weight excluding hydrogens is 302 g/mol. The summed E-state index contributed by atoms with van der Waals surface area (Å²) in [5.74, 6) is 1.24. The number of H-pyrrole nitrogens is 1. The highest BCUT2D eigenvalue weighted by Crippen LogP contribution is 2.25. The van der Waals surface area contributed by atoms with E-state index in [1.807, 2.05) is 6.07 Å². The number of hydrogen-bond acceptors (Lipinski definition) is 4. The van der Waals surface area contributed by atoms with E-state index in [1.54, 1.807) is 18.3 Å². The van der Waals surface area contributed by atoms with Crippen molar-refractivity contribution in [1.82, 2.24) is 20.3 Å². The molecule has 2 N–H and O–H groups in total. The Kier molecular flexibility index (Phi) is 3.62. The summed E-state index contributed by atoms with van der Waals surface area (Å²) in [5.41, 5.74) is 2.88. The maximum Gasteiger partial charge on any atom is 0.227 e. The maximum absolute atomic E-state index is 12.1. The van der Waals surface area contributed by atoms with Crippen molar-refractivity contribution < 1.29 is 4.79 Å². The normalized spacial score (nSPS) is 14.5. The van der Waals surface area contributed by atoms with Gasteiger partial charge in [-0.1, -0.05) is 6.42 Å². The molecule has 0 saturated heterocycles. The lowest BCUT2D eigenvalue weighted by Gasteiger charge is -2.25. The van der Waals surface area contributed by atoms with Crippen molar-refractivity contribution in [3.05, 3.63) is 35.8 Å². The number of aromatic amines is 1. The minimum absolute atomic E-state index is 0.0177. The third-order valence-corrected chi connectivity index (χ3v) is 4.64. The summed E-state index contributed by atoms with van der Waals surface area (Å²) in [6, 6.07) is 7.47. The Hall–Kier alpha value is -2.94. The van der Waals surface area contributed by atoms with Crippen molar-refractivity contribution >= 4 is 27.8 Å². The summed E-state index contributed by atoms with van der Waals surface area (Å²) in [5, 5.41) is 12.9. The molecule has 1 aliphatic carbocycles. The molecule has 2 aromatic heterocycles. The predicted octanol–water partition coefficient (Wildman–Crippen LogP) is 2.44. The van der Waals surface area contributed by atoms with E-state index >= 15 is 0 Å². The molecule has 1 amide bonds. The van der Waals surface area contributed by atoms with Gasteiger partial charge in [0, 0.05) is 11.9 Å². The van der Waals surface area contributed by atoms with Gasteiger partial charge in [-0.25, -0.2) is 4.98 Å². The van der Waals surface area contributed by atoms with Gasteiger partial charge in [0.25, 0.3) is 0 Å². The Morgan fingerprint density at radius 3 is 3.04 bits per heavy atom. The van der Waals surface area contributed by atoms with Crippen molar-refractivity contribution in [2.45, 2.75) is 25.7 Å². The molecule has 3 aromatic rings. The van der Waals surface area contributed by atoms with E-state index in [1.165, 1.54) is 19.3 Å². The fourth-order valence-electron chi connectivity index (χ4n) is 3.03. The highest BCUT2D eigenvalue weighted by molar-refractivity contribution is 6.02. The van der Waals surface area contributed by atoms with Crippen LogP contribution in [0, 0.1) is 17.2 Å². The highest BCUT2D eigenvalue weighted by Gasteiger charge is 2.18. The number of nitrogens with zero attached hydrogens (tertiary/aromatic N) is 3. The second-order valence-corrected chi connectivity index (χ2v) is 6.33. The Balaban J connectivity index is 1.59. The zero-order valence-corrected chi connectivity index (χ0v) is 13.2. The van der Waals surface area contributed by atoms with Crippen LogP contribution in [-0.4, -0.2) is 27.4 Å². The number of fused-ring (bicyclic) bond motifs is 3. The maximum atomic E-state index is 12.1. The largest absolute Gasteiger partial charge is 0.355 e. The van der Waals surface area contributed by atoms with Crippen LogP contribution >= 0.6 is 0 Å². The fraction of sp³-hybridized carbons (Fsp3) is 0.333. The molecule has 0 aliphatic heterocycles. The molecule has 6 heteroatoms. The molecular formula is C18H17N5O. The minimum atomic E-state index is -0.0177. The smallest absolute Gasteiger partial charge is 0.227 e. The van der Waals surface area contributed by atoms with Crippen molar-refractivity contribution in [2.24, 2.45) is 5.92 Å². The van der Waals surface area contributed by atoms with Crippen molar-refractivity contribution in [1.29, 1.82) is 5.26 Å². The molecule has 1 aliphatic rings. The standard InChI is InChI=1S/C18H17N5O/c19-8-12-4-5-14-13(6-12)18-15(10-20-14)22-16(23-18)7-17(24)21-9-11-2-1-3-11/h4-6,10-11H,1-3,7,9H2,(H,21,24)(H,22,23). The van der Waals surface area contributed by atoms with Gasteiger partial charge in [0.05, 0.1) is 40.8 Å². The molecule has 0 bridgehead atoms. The SMILES string of the molecule is N#Cc1ccc2ncc3[nH]c(CC(=O)NCC4CCC4)nc3c2c1. The second-order valence-electron chi connectivity index (χ2n) is 6.33. The van der Waals surface area contributed by atoms with E-state index in [9.17, 15) is 4.79 Å². The van der Waals surface area contributed by atoms with E-state index in [0.29, 0.717) is 17.3 Å². The molecule has 0 radical (unpaired) electrons. The van der Waals surface area contributed by atoms with Gasteiger partial charge >= 0.3 is 0 Å². The summed E-state index contributed by atoms with van der Waals surface area (Å²) in [4.78, 5) is 24.1. The number of hydrogen-bond donors (Lipinski definition) is 2. The number of pyridine rings is 1. The Bertz CT molecular complexity index is 965. The van der Waals surface area contributed by atoms with E-state index in [0.717, 1.165) is 28.5 Å². The third-order valence-electron chi connectivity index (χ3n) is 4.64. The predicted molar refractivity (Wildman–Crippen MR) is 90.2 cm³/mol. The lowest BCUT2D eigenvalue weighted by atomic mass is 9.85. The molecule has 24 heavy (non-hydrogen) atoms. The van der Waals surface area contributed by atoms with Crippen LogP contribution in [0.25, 0.3) is 21.9 Å². The molecule has 6 nitrogen and oxygen atoms in total. The summed E-state index contributed by atoms with van der Waals surface area (Å²) in [6.45, 7) is 0.759. The number of nitriles is 1. The average molecular weight is 319 g/mol. The van der Waals surface area contributed by atoms with E-state index in [-0.39, 0.29) is 12.3 Å². The average Bonchev–Trinajstić information content (AvgIpc) is 2.95. The zero-order chi connectivity index (χ0) is 16.5. The summed E-state index contributed by atoms with van der Waals surface area (Å²) in [7, 11) is 0. The van der Waals surface area contributed by atoms with E-state index < -0.39 is 0 Å². The quantitative estimate of drug-likeness (QED) is 0.772. The first kappa shape index (κ1) is 14.6. The van der Waals surface area contributed by atoms with Gasteiger partial charge in [-0.15, -0.1) is 0 Å². The molecule has 0 unspecified atom stereocenters. The number of carbonyl (C=O) groups excluding carboxylic acids is 1. The van der Waals surface area contributed by atoms with Gasteiger partial charge in [0.15, 0.2) is 0 Å². The fourth-order valence-corrected chi connectivity index (χ4v) is 3.03. The number of imidazole rings is 1. The highest BCUT2D eigenvalue weighted by atomic mass is 16.1. The first-order chi connectivity index (χ1) is 11.7. The molecule has 0 spiro atoms. The van der Waals surface area contributed by atoms with Gasteiger partial charge in [-0.3, -0.25) is 9.78 Å². The van der Waals surface area contributed by atoms with Crippen molar-refractivity contribution in [3.63, 3.8) is 0 Å². The van der Waals surface area contributed by atoms with Crippen LogP contribution in [-0.2, 0) is 11.2 Å². The number of benzene rings is 1. The molecule has 0 atom stereocenters. The van der Waals surface area contributed by atoms with Crippen LogP contribution in [0.1, 0.15) is 30.7 Å². The Morgan fingerprint density at radius 2 is 2.29 bits per heavy atom. The number of aromatic nitrogens is 3. The van der Waals surface area contributed by atoms with Crippen LogP contribution < -0.4 is 5.32 Å². The number of rotatable bonds is 4. The molecule has 120 valence electrons. The summed E-state index contributed by atoms with van der Waals surface area (Å²) < 4.78 is 0. The topological polar surface area (TPSA) is 94.5 Å². The van der Waals surface area contributed by atoms with Gasteiger partial charge in [-0.05, 0) is 37.0 Å². The number of nitrogens with one attached hydrogen (secondary N) is 2. The Morgan fingerprint density at radius 1 is 1.42 bits per heavy atom. The number of carbonyl (C=O) groups is 1. The number of amides is 1. The summed E-state index contributed by atoms with van der Waals surface area (Å²) >= 11 is 0. The summed E-state index contributed by atoms with van der Waals surface area (Å²) in [6.07, 6.45) is 5.63. The van der Waals surface area contributed by atoms with Crippen LogP contribution in [0.2, 0.25) is 0 Å². The monoisotopic (exact) mass is 319 g/mol. The molecule has 4 rings (SSSR count). The van der Waals surface area contributed by atoms with E-state index in [2.05, 4.69) is 26.3 Å². The van der Waals surface area contributed by atoms with Gasteiger partial charge in [0.2, 0.25) is 5.91 Å². The molecule has 2 heterocycles. The molecule has 1 saturated carbocycles. The third kappa shape index (κ3) is 2.69. The van der Waals surface area contributed by atoms with Gasteiger partial charge in [-0.2, -0.15) is 5.26 Å². The lowest BCUT2D eigenvalue weighted by Crippen LogP contribution is -2.33. The lowest BCUT2D eigenvalue weighted by molar-refractivity contribution is -0.120. The van der Waals surface area contributed by atoms with Gasteiger partial charge < -0.3 is 10.3 Å². The van der Waals surface area contributed by atoms with E-state index in [4.69, 9.17) is 5.26 Å².